The lowest BCUT2D eigenvalue weighted by Crippen LogP contribution is -2.30. The number of allylic oxidation sites excluding steroid dienone is 16. The molecule has 3 atom stereocenters. The number of phosphoric acid groups is 1. The zero-order valence-electron chi connectivity index (χ0n) is 49.6. The van der Waals surface area contributed by atoms with Gasteiger partial charge in [0.05, 0.1) is 19.8 Å². The zero-order valence-corrected chi connectivity index (χ0v) is 50.5. The molecule has 11 nitrogen and oxygen atoms in total. The summed E-state index contributed by atoms with van der Waals surface area (Å²) in [6.45, 7) is 4.40. The molecule has 0 bridgehead atoms. The molecule has 3 unspecified atom stereocenters. The van der Waals surface area contributed by atoms with Gasteiger partial charge in [-0.25, -0.2) is 4.57 Å². The molecule has 0 aliphatic rings. The Morgan fingerprint density at radius 2 is 0.667 bits per heavy atom. The maximum absolute atomic E-state index is 12.9. The van der Waals surface area contributed by atoms with Crippen LogP contribution in [0.3, 0.4) is 0 Å². The second-order valence-electron chi connectivity index (χ2n) is 20.5. The van der Waals surface area contributed by atoms with Crippen LogP contribution in [0.1, 0.15) is 265 Å². The first kappa shape index (κ1) is 74.4. The third-order valence-corrected chi connectivity index (χ3v) is 14.0. The summed E-state index contributed by atoms with van der Waals surface area (Å²) in [5.41, 5.74) is 0. The Balaban J connectivity index is 4.77. The first-order valence-corrected chi connectivity index (χ1v) is 32.6. The number of aliphatic hydroxyl groups is 1. The number of hydrogen-bond acceptors (Lipinski definition) is 10. The van der Waals surface area contributed by atoms with Gasteiger partial charge in [0.2, 0.25) is 0 Å². The van der Waals surface area contributed by atoms with E-state index >= 15 is 0 Å². The van der Waals surface area contributed by atoms with Crippen LogP contribution in [0.5, 0.6) is 0 Å². The normalized spacial score (nSPS) is 14.0. The van der Waals surface area contributed by atoms with Crippen LogP contribution in [0.25, 0.3) is 0 Å². The third-order valence-electron chi connectivity index (χ3n) is 13.0. The highest BCUT2D eigenvalue weighted by Crippen LogP contribution is 2.43. The molecule has 0 radical (unpaired) electrons. The molecular formula is C66H113O11P. The largest absolute Gasteiger partial charge is 0.472 e. The van der Waals surface area contributed by atoms with E-state index in [2.05, 4.69) is 118 Å². The summed E-state index contributed by atoms with van der Waals surface area (Å²) in [6.07, 6.45) is 70.7. The van der Waals surface area contributed by atoms with Crippen LogP contribution in [0.15, 0.2) is 97.2 Å². The maximum atomic E-state index is 12.9. The average Bonchev–Trinajstić information content (AvgIpc) is 3.43. The van der Waals surface area contributed by atoms with Crippen molar-refractivity contribution < 1.29 is 52.2 Å². The molecular weight excluding hydrogens is 1000 g/mol. The van der Waals surface area contributed by atoms with Crippen molar-refractivity contribution in [3.63, 3.8) is 0 Å². The van der Waals surface area contributed by atoms with E-state index in [-0.39, 0.29) is 25.9 Å². The Morgan fingerprint density at radius 3 is 1.03 bits per heavy atom. The van der Waals surface area contributed by atoms with Gasteiger partial charge in [0, 0.05) is 19.3 Å². The van der Waals surface area contributed by atoms with Gasteiger partial charge in [-0.15, -0.1) is 0 Å². The quantitative estimate of drug-likeness (QED) is 0.0197. The van der Waals surface area contributed by atoms with Gasteiger partial charge >= 0.3 is 25.7 Å². The number of unbranched alkanes of at least 4 members (excludes halogenated alkanes) is 24. The summed E-state index contributed by atoms with van der Waals surface area (Å²) in [7, 11) is -4.77. The summed E-state index contributed by atoms with van der Waals surface area (Å²) < 4.78 is 39.6. The summed E-state index contributed by atoms with van der Waals surface area (Å²) in [5.74, 6) is -1.51. The minimum Gasteiger partial charge on any atom is -0.462 e. The van der Waals surface area contributed by atoms with Crippen molar-refractivity contribution in [3.8, 4) is 0 Å². The molecule has 12 heteroatoms. The van der Waals surface area contributed by atoms with Crippen molar-refractivity contribution in [3.05, 3.63) is 97.2 Å². The molecule has 448 valence electrons. The number of phosphoric ester groups is 1. The molecule has 0 aliphatic heterocycles. The summed E-state index contributed by atoms with van der Waals surface area (Å²) in [6, 6.07) is 0. The highest BCUT2D eigenvalue weighted by atomic mass is 31.2. The first-order valence-electron chi connectivity index (χ1n) is 31.1. The summed E-state index contributed by atoms with van der Waals surface area (Å²) in [5, 5.41) is 9.84. The molecule has 0 saturated carbocycles. The standard InChI is InChI=1S/C66H113O11P/c1-4-7-10-13-16-19-22-25-28-30-31-33-35-37-40-43-46-49-52-55-64(68)73-59-63(77-66(70)57-54-51-48-45-42-39-36-32-29-26-23-20-17-14-11-8-5-2)61-75-78(71,72)74-60-62(58-67)76-65(69)56-53-50-47-44-41-38-34-27-24-21-18-15-12-9-6-3/h7-8,10-11,16-17,19-20,25-26,28-29,31,33,36,39,62-63,67H,4-6,9,12-15,18,21-24,27,30,32,34-35,37-38,40-61H2,1-3H3,(H,71,72)/b10-7-,11-8-,19-16-,20-17-,28-25-,29-26-,33-31-,39-36-. The van der Waals surface area contributed by atoms with E-state index in [1.807, 2.05) is 0 Å². The fraction of sp³-hybridized carbons (Fsp3) is 0.712. The van der Waals surface area contributed by atoms with Gasteiger partial charge in [0.1, 0.15) is 12.7 Å². The lowest BCUT2D eigenvalue weighted by Gasteiger charge is -2.21. The lowest BCUT2D eigenvalue weighted by molar-refractivity contribution is -0.161. The van der Waals surface area contributed by atoms with Crippen LogP contribution in [0.4, 0.5) is 0 Å². The third kappa shape index (κ3) is 57.1. The lowest BCUT2D eigenvalue weighted by atomic mass is 10.0. The summed E-state index contributed by atoms with van der Waals surface area (Å²) in [4.78, 5) is 48.7. The molecule has 0 spiro atoms. The van der Waals surface area contributed by atoms with E-state index in [1.54, 1.807) is 0 Å². The summed E-state index contributed by atoms with van der Waals surface area (Å²) >= 11 is 0. The molecule has 0 fully saturated rings. The molecule has 0 amide bonds. The second-order valence-corrected chi connectivity index (χ2v) is 21.9. The predicted octanol–water partition coefficient (Wildman–Crippen LogP) is 18.8. The molecule has 0 aromatic heterocycles. The number of rotatable bonds is 57. The van der Waals surface area contributed by atoms with Gasteiger partial charge in [-0.1, -0.05) is 246 Å². The number of ether oxygens (including phenoxy) is 3. The first-order chi connectivity index (χ1) is 38.2. The van der Waals surface area contributed by atoms with Crippen LogP contribution in [0.2, 0.25) is 0 Å². The number of hydrogen-bond donors (Lipinski definition) is 2. The maximum Gasteiger partial charge on any atom is 0.472 e. The van der Waals surface area contributed by atoms with E-state index in [0.717, 1.165) is 135 Å². The van der Waals surface area contributed by atoms with Gasteiger partial charge in [-0.05, 0) is 96.3 Å². The SMILES string of the molecule is CC/C=C\C/C=C\C/C=C\C/C=C\CCCCCCCCC(=O)OCC(COP(=O)(O)OCC(CO)OC(=O)CCCCCCCCCCCCCCCCC)OC(=O)CCCCCC/C=C\C/C=C\C/C=C\C/C=C\CC. The number of carbonyl (C=O) groups excluding carboxylic acids is 3. The Hall–Kier alpha value is -3.60. The van der Waals surface area contributed by atoms with Gasteiger partial charge < -0.3 is 24.2 Å². The number of esters is 3. The topological polar surface area (TPSA) is 155 Å². The minimum atomic E-state index is -4.77. The molecule has 0 rings (SSSR count). The van der Waals surface area contributed by atoms with E-state index < -0.39 is 57.8 Å². The Morgan fingerprint density at radius 1 is 0.372 bits per heavy atom. The van der Waals surface area contributed by atoms with Crippen LogP contribution < -0.4 is 0 Å². The van der Waals surface area contributed by atoms with Gasteiger partial charge in [0.15, 0.2) is 6.10 Å². The molecule has 2 N–H and O–H groups in total. The molecule has 0 aliphatic carbocycles. The van der Waals surface area contributed by atoms with Crippen molar-refractivity contribution in [1.29, 1.82) is 0 Å². The Bertz CT molecular complexity index is 1680. The highest BCUT2D eigenvalue weighted by molar-refractivity contribution is 7.47. The minimum absolute atomic E-state index is 0.133. The van der Waals surface area contributed by atoms with Crippen LogP contribution in [-0.2, 0) is 42.2 Å². The zero-order chi connectivity index (χ0) is 56.9. The van der Waals surface area contributed by atoms with E-state index in [9.17, 15) is 28.9 Å². The number of carbonyl (C=O) groups is 3. The van der Waals surface area contributed by atoms with Crippen LogP contribution >= 0.6 is 7.82 Å². The second kappa shape index (κ2) is 59.5. The van der Waals surface area contributed by atoms with Crippen molar-refractivity contribution in [1.82, 2.24) is 0 Å². The van der Waals surface area contributed by atoms with E-state index in [0.29, 0.717) is 19.3 Å². The molecule has 78 heavy (non-hydrogen) atoms. The van der Waals surface area contributed by atoms with Gasteiger partial charge in [-0.3, -0.25) is 23.4 Å². The Kier molecular flexibility index (Phi) is 56.8. The van der Waals surface area contributed by atoms with Crippen molar-refractivity contribution in [2.24, 2.45) is 0 Å². The van der Waals surface area contributed by atoms with Gasteiger partial charge in [-0.2, -0.15) is 0 Å². The fourth-order valence-electron chi connectivity index (χ4n) is 8.34. The fourth-order valence-corrected chi connectivity index (χ4v) is 9.12. The van der Waals surface area contributed by atoms with Gasteiger partial charge in [0.25, 0.3) is 0 Å². The molecule has 0 heterocycles. The molecule has 0 saturated heterocycles. The van der Waals surface area contributed by atoms with Crippen LogP contribution in [0, 0.1) is 0 Å². The van der Waals surface area contributed by atoms with Crippen molar-refractivity contribution in [2.75, 3.05) is 26.4 Å². The van der Waals surface area contributed by atoms with E-state index in [1.165, 1.54) is 70.6 Å². The monoisotopic (exact) mass is 1110 g/mol. The van der Waals surface area contributed by atoms with E-state index in [4.69, 9.17) is 23.3 Å². The van der Waals surface area contributed by atoms with Crippen LogP contribution in [-0.4, -0.2) is 66.5 Å². The average molecular weight is 1110 g/mol. The van der Waals surface area contributed by atoms with Crippen molar-refractivity contribution in [2.45, 2.75) is 277 Å². The Labute approximate surface area is 476 Å². The number of aliphatic hydroxyl groups excluding tert-OH is 1. The smallest absolute Gasteiger partial charge is 0.462 e. The molecule has 0 aromatic rings. The molecule has 0 aromatic carbocycles. The van der Waals surface area contributed by atoms with Crippen molar-refractivity contribution >= 4 is 25.7 Å². The highest BCUT2D eigenvalue weighted by Gasteiger charge is 2.28. The predicted molar refractivity (Wildman–Crippen MR) is 325 cm³/mol.